The highest BCUT2D eigenvalue weighted by atomic mass is 15.2. The second kappa shape index (κ2) is 6.41. The van der Waals surface area contributed by atoms with Gasteiger partial charge in [-0.2, -0.15) is 0 Å². The van der Waals surface area contributed by atoms with E-state index in [-0.39, 0.29) is 0 Å². The van der Waals surface area contributed by atoms with Crippen LogP contribution >= 0.6 is 0 Å². The molecule has 0 radical (unpaired) electrons. The zero-order valence-corrected chi connectivity index (χ0v) is 11.3. The van der Waals surface area contributed by atoms with Crippen LogP contribution in [0.3, 0.4) is 0 Å². The first kappa shape index (κ1) is 13.7. The van der Waals surface area contributed by atoms with Gasteiger partial charge in [0.2, 0.25) is 0 Å². The summed E-state index contributed by atoms with van der Waals surface area (Å²) in [7, 11) is 6.56. The van der Waals surface area contributed by atoms with E-state index in [2.05, 4.69) is 44.0 Å². The van der Waals surface area contributed by atoms with Crippen molar-refractivity contribution in [1.82, 2.24) is 10.2 Å². The molecule has 2 nitrogen and oxygen atoms in total. The van der Waals surface area contributed by atoms with Crippen LogP contribution in [0.2, 0.25) is 0 Å². The maximum absolute atomic E-state index is 3.90. The van der Waals surface area contributed by atoms with Gasteiger partial charge in [0.25, 0.3) is 0 Å². The fraction of sp³-hybridized carbons (Fsp3) is 0.857. The summed E-state index contributed by atoms with van der Waals surface area (Å²) >= 11 is 0. The van der Waals surface area contributed by atoms with Crippen LogP contribution < -0.4 is 5.32 Å². The summed E-state index contributed by atoms with van der Waals surface area (Å²) in [6.07, 6.45) is 11.3. The van der Waals surface area contributed by atoms with E-state index in [0.29, 0.717) is 11.6 Å². The molecule has 0 aliphatic heterocycles. The van der Waals surface area contributed by atoms with Crippen molar-refractivity contribution in [2.75, 3.05) is 21.1 Å². The number of rotatable bonds is 5. The molecule has 0 bridgehead atoms. The molecule has 0 aromatic rings. The predicted octanol–water partition coefficient (Wildman–Crippen LogP) is 2.81. The molecule has 0 heterocycles. The third-order valence-electron chi connectivity index (χ3n) is 4.26. The van der Waals surface area contributed by atoms with Gasteiger partial charge >= 0.3 is 0 Å². The number of hydrogen-bond donors (Lipinski definition) is 1. The molecule has 2 heteroatoms. The van der Waals surface area contributed by atoms with E-state index in [1.807, 2.05) is 0 Å². The minimum absolute atomic E-state index is 0.333. The highest BCUT2D eigenvalue weighted by Gasteiger charge is 2.39. The van der Waals surface area contributed by atoms with Gasteiger partial charge < -0.3 is 10.2 Å². The number of likely N-dealkylation sites (N-methyl/N-ethyl adjacent to an activating group) is 2. The first-order chi connectivity index (χ1) is 7.67. The Morgan fingerprint density at radius 2 is 1.81 bits per heavy atom. The number of nitrogens with zero attached hydrogens (tertiary/aromatic N) is 1. The molecule has 1 saturated carbocycles. The zero-order valence-electron chi connectivity index (χ0n) is 11.3. The first-order valence-corrected chi connectivity index (χ1v) is 6.63. The lowest BCUT2D eigenvalue weighted by atomic mass is 9.80. The Morgan fingerprint density at radius 3 is 2.19 bits per heavy atom. The van der Waals surface area contributed by atoms with Gasteiger partial charge in [0.15, 0.2) is 0 Å². The Balaban J connectivity index is 2.86. The fourth-order valence-corrected chi connectivity index (χ4v) is 3.22. The van der Waals surface area contributed by atoms with E-state index in [4.69, 9.17) is 0 Å². The van der Waals surface area contributed by atoms with E-state index in [9.17, 15) is 0 Å². The van der Waals surface area contributed by atoms with Crippen LogP contribution in [0.1, 0.15) is 44.9 Å². The van der Waals surface area contributed by atoms with Gasteiger partial charge in [0, 0.05) is 11.6 Å². The number of nitrogens with one attached hydrogen (secondary N) is 1. The SMILES string of the molecule is C=CCC(NC)C1(N(C)C)CCCCCC1. The van der Waals surface area contributed by atoms with Crippen molar-refractivity contribution in [3.63, 3.8) is 0 Å². The highest BCUT2D eigenvalue weighted by Crippen LogP contribution is 2.35. The van der Waals surface area contributed by atoms with Gasteiger partial charge in [-0.15, -0.1) is 6.58 Å². The summed E-state index contributed by atoms with van der Waals surface area (Å²) in [4.78, 5) is 2.45. The van der Waals surface area contributed by atoms with E-state index < -0.39 is 0 Å². The third kappa shape index (κ3) is 2.86. The molecule has 0 spiro atoms. The van der Waals surface area contributed by atoms with Crippen LogP contribution in [-0.4, -0.2) is 37.6 Å². The van der Waals surface area contributed by atoms with Crippen molar-refractivity contribution in [3.05, 3.63) is 12.7 Å². The van der Waals surface area contributed by atoms with Crippen molar-refractivity contribution < 1.29 is 0 Å². The molecule has 0 aromatic carbocycles. The average Bonchev–Trinajstić information content (AvgIpc) is 2.52. The summed E-state index contributed by atoms with van der Waals surface area (Å²) in [5.74, 6) is 0. The lowest BCUT2D eigenvalue weighted by Crippen LogP contribution is -2.58. The van der Waals surface area contributed by atoms with Crippen molar-refractivity contribution in [1.29, 1.82) is 0 Å². The molecule has 16 heavy (non-hydrogen) atoms. The van der Waals surface area contributed by atoms with Crippen molar-refractivity contribution >= 4 is 0 Å². The Morgan fingerprint density at radius 1 is 1.25 bits per heavy atom. The number of hydrogen-bond acceptors (Lipinski definition) is 2. The third-order valence-corrected chi connectivity index (χ3v) is 4.26. The zero-order chi connectivity index (χ0) is 12.0. The molecule has 0 saturated heterocycles. The molecule has 1 aliphatic rings. The van der Waals surface area contributed by atoms with Crippen molar-refractivity contribution in [3.8, 4) is 0 Å². The van der Waals surface area contributed by atoms with Gasteiger partial charge in [-0.25, -0.2) is 0 Å². The smallest absolute Gasteiger partial charge is 0.0359 e. The maximum Gasteiger partial charge on any atom is 0.0359 e. The fourth-order valence-electron chi connectivity index (χ4n) is 3.22. The quantitative estimate of drug-likeness (QED) is 0.570. The largest absolute Gasteiger partial charge is 0.315 e. The van der Waals surface area contributed by atoms with E-state index in [0.717, 1.165) is 6.42 Å². The molecule has 1 N–H and O–H groups in total. The Bertz CT molecular complexity index is 203. The van der Waals surface area contributed by atoms with Crippen LogP contribution in [-0.2, 0) is 0 Å². The van der Waals surface area contributed by atoms with Crippen LogP contribution in [0.4, 0.5) is 0 Å². The molecule has 0 amide bonds. The lowest BCUT2D eigenvalue weighted by Gasteiger charge is -2.45. The standard InChI is InChI=1S/C14H28N2/c1-5-10-13(15-2)14(16(3)4)11-8-6-7-9-12-14/h5,13,15H,1,6-12H2,2-4H3. The van der Waals surface area contributed by atoms with E-state index in [1.54, 1.807) is 0 Å². The van der Waals surface area contributed by atoms with Crippen LogP contribution in [0.5, 0.6) is 0 Å². The molecule has 1 atom stereocenters. The second-order valence-electron chi connectivity index (χ2n) is 5.28. The van der Waals surface area contributed by atoms with Gasteiger partial charge in [-0.1, -0.05) is 31.8 Å². The molecule has 1 unspecified atom stereocenters. The van der Waals surface area contributed by atoms with E-state index in [1.165, 1.54) is 38.5 Å². The molecule has 1 aliphatic carbocycles. The molecule has 0 aromatic heterocycles. The first-order valence-electron chi connectivity index (χ1n) is 6.63. The summed E-state index contributed by atoms with van der Waals surface area (Å²) in [6.45, 7) is 3.90. The Hall–Kier alpha value is -0.340. The minimum atomic E-state index is 0.333. The predicted molar refractivity (Wildman–Crippen MR) is 71.8 cm³/mol. The average molecular weight is 224 g/mol. The Labute approximate surface area is 101 Å². The molecule has 1 fully saturated rings. The molecular weight excluding hydrogens is 196 g/mol. The van der Waals surface area contributed by atoms with Gasteiger partial charge in [-0.3, -0.25) is 0 Å². The second-order valence-corrected chi connectivity index (χ2v) is 5.28. The van der Waals surface area contributed by atoms with Gasteiger partial charge in [-0.05, 0) is 40.4 Å². The Kier molecular flexibility index (Phi) is 5.50. The van der Waals surface area contributed by atoms with Crippen molar-refractivity contribution in [2.45, 2.75) is 56.5 Å². The summed E-state index contributed by atoms with van der Waals surface area (Å²) < 4.78 is 0. The normalized spacial score (nSPS) is 22.8. The summed E-state index contributed by atoms with van der Waals surface area (Å²) in [5.41, 5.74) is 0.333. The van der Waals surface area contributed by atoms with Crippen LogP contribution in [0.15, 0.2) is 12.7 Å². The summed E-state index contributed by atoms with van der Waals surface area (Å²) in [5, 5.41) is 3.51. The molecule has 94 valence electrons. The van der Waals surface area contributed by atoms with Crippen LogP contribution in [0.25, 0.3) is 0 Å². The van der Waals surface area contributed by atoms with Crippen molar-refractivity contribution in [2.24, 2.45) is 0 Å². The highest BCUT2D eigenvalue weighted by molar-refractivity contribution is 5.01. The van der Waals surface area contributed by atoms with Crippen LogP contribution in [0, 0.1) is 0 Å². The van der Waals surface area contributed by atoms with Gasteiger partial charge in [0.05, 0.1) is 0 Å². The lowest BCUT2D eigenvalue weighted by molar-refractivity contribution is 0.0847. The maximum atomic E-state index is 3.90. The summed E-state index contributed by atoms with van der Waals surface area (Å²) in [6, 6.07) is 0.540. The monoisotopic (exact) mass is 224 g/mol. The van der Waals surface area contributed by atoms with E-state index >= 15 is 0 Å². The molecular formula is C14H28N2. The van der Waals surface area contributed by atoms with Gasteiger partial charge in [0.1, 0.15) is 0 Å². The topological polar surface area (TPSA) is 15.3 Å². The molecule has 1 rings (SSSR count). The minimum Gasteiger partial charge on any atom is -0.315 e.